The Balaban J connectivity index is 1.86. The second kappa shape index (κ2) is 9.77. The summed E-state index contributed by atoms with van der Waals surface area (Å²) in [5, 5.41) is 10.7. The third-order valence-electron chi connectivity index (χ3n) is 6.19. The molecule has 1 aliphatic carbocycles. The van der Waals surface area contributed by atoms with Gasteiger partial charge in [-0.15, -0.1) is 0 Å². The quantitative estimate of drug-likeness (QED) is 0.440. The average molecular weight is 347 g/mol. The van der Waals surface area contributed by atoms with Gasteiger partial charge in [-0.3, -0.25) is 0 Å². The maximum atomic E-state index is 9.10. The van der Waals surface area contributed by atoms with Crippen LogP contribution in [0.3, 0.4) is 0 Å². The first-order chi connectivity index (χ1) is 11.6. The van der Waals surface area contributed by atoms with Gasteiger partial charge in [-0.1, -0.05) is 81.2 Å². The molecule has 1 N–H and O–H groups in total. The Morgan fingerprint density at radius 3 is 2.21 bits per heavy atom. The third kappa shape index (κ3) is 5.74. The molecule has 0 bridgehead atoms. The van der Waals surface area contributed by atoms with Crippen LogP contribution in [-0.2, 0) is 0 Å². The molecule has 1 fully saturated rings. The zero-order valence-electron chi connectivity index (χ0n) is 16.2. The summed E-state index contributed by atoms with van der Waals surface area (Å²) in [6.07, 6.45) is 12.3. The lowest BCUT2D eigenvalue weighted by Gasteiger charge is -2.29. The standard InChI is InChI=1S/C22H38OSi/c1-4-5-6-8-19-9-11-20(12-10-19)21-13-15-22(16-14-21)24(2,3)18-7-17-23/h13-16,19-20,23H,4-12,17-18H2,1-3H3. The minimum Gasteiger partial charge on any atom is -0.396 e. The molecule has 2 heteroatoms. The van der Waals surface area contributed by atoms with E-state index < -0.39 is 8.07 Å². The molecule has 0 amide bonds. The smallest absolute Gasteiger partial charge is 0.0807 e. The van der Waals surface area contributed by atoms with Crippen molar-refractivity contribution >= 4 is 13.3 Å². The fourth-order valence-corrected chi connectivity index (χ4v) is 6.74. The Kier molecular flexibility index (Phi) is 8.03. The van der Waals surface area contributed by atoms with Crippen molar-refractivity contribution in [2.24, 2.45) is 5.92 Å². The van der Waals surface area contributed by atoms with Crippen molar-refractivity contribution in [1.82, 2.24) is 0 Å². The van der Waals surface area contributed by atoms with Gasteiger partial charge in [-0.2, -0.15) is 0 Å². The summed E-state index contributed by atoms with van der Waals surface area (Å²) in [5.74, 6) is 1.79. The molecule has 1 aliphatic rings. The van der Waals surface area contributed by atoms with E-state index in [0.717, 1.165) is 18.3 Å². The molecular formula is C22H38OSi. The topological polar surface area (TPSA) is 20.2 Å². The highest BCUT2D eigenvalue weighted by atomic mass is 28.3. The van der Waals surface area contributed by atoms with Crippen molar-refractivity contribution in [3.8, 4) is 0 Å². The van der Waals surface area contributed by atoms with E-state index in [-0.39, 0.29) is 0 Å². The van der Waals surface area contributed by atoms with Crippen LogP contribution in [0.2, 0.25) is 19.1 Å². The maximum Gasteiger partial charge on any atom is 0.0807 e. The Bertz CT molecular complexity index is 457. The number of aliphatic hydroxyl groups excluding tert-OH is 1. The second-order valence-corrected chi connectivity index (χ2v) is 13.4. The Hall–Kier alpha value is -0.603. The zero-order chi connectivity index (χ0) is 17.4. The normalized spacial score (nSPS) is 21.8. The van der Waals surface area contributed by atoms with Crippen molar-refractivity contribution in [1.29, 1.82) is 0 Å². The van der Waals surface area contributed by atoms with E-state index in [4.69, 9.17) is 5.11 Å². The molecule has 24 heavy (non-hydrogen) atoms. The molecule has 2 rings (SSSR count). The summed E-state index contributed by atoms with van der Waals surface area (Å²) in [6, 6.07) is 10.8. The lowest BCUT2D eigenvalue weighted by Crippen LogP contribution is -2.41. The van der Waals surface area contributed by atoms with Gasteiger partial charge in [0, 0.05) is 6.61 Å². The van der Waals surface area contributed by atoms with Gasteiger partial charge in [-0.05, 0) is 49.5 Å². The molecule has 1 nitrogen and oxygen atoms in total. The van der Waals surface area contributed by atoms with E-state index in [1.54, 1.807) is 10.8 Å². The Labute approximate surface area is 150 Å². The van der Waals surface area contributed by atoms with Crippen molar-refractivity contribution in [3.05, 3.63) is 29.8 Å². The van der Waals surface area contributed by atoms with Crippen LogP contribution in [0.4, 0.5) is 0 Å². The van der Waals surface area contributed by atoms with E-state index in [9.17, 15) is 0 Å². The van der Waals surface area contributed by atoms with Crippen LogP contribution in [0, 0.1) is 5.92 Å². The number of rotatable bonds is 9. The van der Waals surface area contributed by atoms with Crippen LogP contribution >= 0.6 is 0 Å². The number of unbranched alkanes of at least 4 members (excludes halogenated alkanes) is 2. The summed E-state index contributed by atoms with van der Waals surface area (Å²) in [4.78, 5) is 0. The largest absolute Gasteiger partial charge is 0.396 e. The van der Waals surface area contributed by atoms with Crippen LogP contribution in [0.25, 0.3) is 0 Å². The molecule has 1 aromatic rings. The Morgan fingerprint density at radius 1 is 0.958 bits per heavy atom. The minimum absolute atomic E-state index is 0.329. The molecule has 0 radical (unpaired) electrons. The van der Waals surface area contributed by atoms with Crippen LogP contribution < -0.4 is 5.19 Å². The van der Waals surface area contributed by atoms with Gasteiger partial charge in [0.1, 0.15) is 0 Å². The predicted octanol–water partition coefficient (Wildman–Crippen LogP) is 5.84. The molecule has 0 atom stereocenters. The van der Waals surface area contributed by atoms with Crippen molar-refractivity contribution in [2.45, 2.75) is 89.8 Å². The second-order valence-electron chi connectivity index (χ2n) is 8.55. The first-order valence-corrected chi connectivity index (χ1v) is 13.5. The maximum absolute atomic E-state index is 9.10. The molecular weight excluding hydrogens is 308 g/mol. The molecule has 0 unspecified atom stereocenters. The molecule has 0 aromatic heterocycles. The van der Waals surface area contributed by atoms with Crippen molar-refractivity contribution < 1.29 is 5.11 Å². The summed E-state index contributed by atoms with van der Waals surface area (Å²) < 4.78 is 0. The molecule has 1 saturated carbocycles. The SMILES string of the molecule is CCCCCC1CCC(c2ccc([Si](C)(C)CCCO)cc2)CC1. The van der Waals surface area contributed by atoms with Crippen molar-refractivity contribution in [3.63, 3.8) is 0 Å². The van der Waals surface area contributed by atoms with Gasteiger partial charge in [-0.25, -0.2) is 0 Å². The molecule has 0 spiro atoms. The highest BCUT2D eigenvalue weighted by Gasteiger charge is 2.25. The lowest BCUT2D eigenvalue weighted by atomic mass is 9.77. The van der Waals surface area contributed by atoms with E-state index in [2.05, 4.69) is 44.3 Å². The lowest BCUT2D eigenvalue weighted by molar-refractivity contribution is 0.294. The minimum atomic E-state index is -1.36. The van der Waals surface area contributed by atoms with Gasteiger partial charge in [0.2, 0.25) is 0 Å². The zero-order valence-corrected chi connectivity index (χ0v) is 17.2. The van der Waals surface area contributed by atoms with Crippen LogP contribution in [0.1, 0.15) is 76.2 Å². The molecule has 0 aliphatic heterocycles. The van der Waals surface area contributed by atoms with Gasteiger partial charge >= 0.3 is 0 Å². The van der Waals surface area contributed by atoms with E-state index >= 15 is 0 Å². The van der Waals surface area contributed by atoms with E-state index in [1.807, 2.05) is 0 Å². The van der Waals surface area contributed by atoms with Crippen LogP contribution in [0.5, 0.6) is 0 Å². The summed E-state index contributed by atoms with van der Waals surface area (Å²) >= 11 is 0. The molecule has 0 saturated heterocycles. The first-order valence-electron chi connectivity index (χ1n) is 10.3. The summed E-state index contributed by atoms with van der Waals surface area (Å²) in [5.41, 5.74) is 1.57. The van der Waals surface area contributed by atoms with Gasteiger partial charge < -0.3 is 5.11 Å². The molecule has 0 heterocycles. The first kappa shape index (κ1) is 19.7. The Morgan fingerprint density at radius 2 is 1.62 bits per heavy atom. The molecule has 136 valence electrons. The highest BCUT2D eigenvalue weighted by molar-refractivity contribution is 6.89. The molecule has 1 aromatic carbocycles. The number of hydrogen-bond acceptors (Lipinski definition) is 1. The monoisotopic (exact) mass is 346 g/mol. The van der Waals surface area contributed by atoms with Gasteiger partial charge in [0.05, 0.1) is 8.07 Å². The third-order valence-corrected chi connectivity index (χ3v) is 9.69. The van der Waals surface area contributed by atoms with Gasteiger partial charge in [0.25, 0.3) is 0 Å². The van der Waals surface area contributed by atoms with Crippen LogP contribution in [-0.4, -0.2) is 19.8 Å². The highest BCUT2D eigenvalue weighted by Crippen LogP contribution is 2.37. The van der Waals surface area contributed by atoms with E-state index in [1.165, 1.54) is 57.4 Å². The number of hydrogen-bond donors (Lipinski definition) is 1. The fourth-order valence-electron chi connectivity index (χ4n) is 4.34. The summed E-state index contributed by atoms with van der Waals surface area (Å²) in [6.45, 7) is 7.49. The van der Waals surface area contributed by atoms with Gasteiger partial charge in [0.15, 0.2) is 0 Å². The van der Waals surface area contributed by atoms with E-state index in [0.29, 0.717) is 6.61 Å². The predicted molar refractivity (Wildman–Crippen MR) is 109 cm³/mol. The van der Waals surface area contributed by atoms with Crippen molar-refractivity contribution in [2.75, 3.05) is 6.61 Å². The summed E-state index contributed by atoms with van der Waals surface area (Å²) in [7, 11) is -1.36. The number of aliphatic hydroxyl groups is 1. The number of benzene rings is 1. The average Bonchev–Trinajstić information content (AvgIpc) is 2.61. The fraction of sp³-hybridized carbons (Fsp3) is 0.727. The van der Waals surface area contributed by atoms with Crippen LogP contribution in [0.15, 0.2) is 24.3 Å².